The molecular weight excluding hydrogens is 145 g/mol. The Morgan fingerprint density at radius 3 is 1.80 bits per heavy atom. The van der Waals surface area contributed by atoms with E-state index < -0.39 is 11.7 Å². The largest absolute Gasteiger partial charge is 0.407 e. The van der Waals surface area contributed by atoms with Crippen LogP contribution in [0.1, 0.15) is 20.3 Å². The lowest BCUT2D eigenvalue weighted by molar-refractivity contribution is -0.192. The lowest BCUT2D eigenvalue weighted by atomic mass is 10.00. The lowest BCUT2D eigenvalue weighted by Crippen LogP contribution is -2.56. The Bertz CT molecular complexity index is 106. The van der Waals surface area contributed by atoms with Gasteiger partial charge in [-0.1, -0.05) is 6.92 Å². The first-order valence-electron chi connectivity index (χ1n) is 2.92. The summed E-state index contributed by atoms with van der Waals surface area (Å²) in [5.41, 5.74) is -0.208. The van der Waals surface area contributed by atoms with E-state index in [9.17, 15) is 13.2 Å². The van der Waals surface area contributed by atoms with Crippen molar-refractivity contribution in [2.45, 2.75) is 32.0 Å². The van der Waals surface area contributed by atoms with Crippen LogP contribution in [0.5, 0.6) is 0 Å². The highest BCUT2D eigenvalue weighted by Crippen LogP contribution is 2.31. The number of nitrogens with two attached hydrogens (primary N) is 1. The van der Waals surface area contributed by atoms with Gasteiger partial charge in [-0.05, 0) is 13.3 Å². The fraction of sp³-hybridized carbons (Fsp3) is 1.00. The maximum Gasteiger partial charge on any atom is 0.407 e. The van der Waals surface area contributed by atoms with Crippen molar-refractivity contribution < 1.29 is 13.2 Å². The normalized spacial score (nSPS) is 18.6. The highest BCUT2D eigenvalue weighted by atomic mass is 19.4. The van der Waals surface area contributed by atoms with Crippen LogP contribution in [0.3, 0.4) is 0 Å². The van der Waals surface area contributed by atoms with Crippen LogP contribution in [0.15, 0.2) is 0 Å². The quantitative estimate of drug-likeness (QED) is 0.465. The zero-order valence-electron chi connectivity index (χ0n) is 5.92. The Morgan fingerprint density at radius 2 is 1.80 bits per heavy atom. The standard InChI is InChI=1S/C5H11F3N2/c1-3-4(2,10-9)5(6,7)8/h10H,3,9H2,1-2H3. The fourth-order valence-electron chi connectivity index (χ4n) is 0.384. The topological polar surface area (TPSA) is 38.0 Å². The van der Waals surface area contributed by atoms with Crippen molar-refractivity contribution in [3.63, 3.8) is 0 Å². The van der Waals surface area contributed by atoms with Crippen LogP contribution in [0.2, 0.25) is 0 Å². The molecule has 62 valence electrons. The minimum absolute atomic E-state index is 0.0764. The average Bonchev–Trinajstić information content (AvgIpc) is 1.84. The molecule has 0 amide bonds. The van der Waals surface area contributed by atoms with Gasteiger partial charge >= 0.3 is 6.18 Å². The summed E-state index contributed by atoms with van der Waals surface area (Å²) < 4.78 is 35.9. The number of hydrogen-bond donors (Lipinski definition) is 2. The van der Waals surface area contributed by atoms with E-state index in [0.717, 1.165) is 6.92 Å². The molecule has 1 atom stereocenters. The molecular formula is C5H11F3N2. The van der Waals surface area contributed by atoms with Crippen LogP contribution in [0.25, 0.3) is 0 Å². The summed E-state index contributed by atoms with van der Waals surface area (Å²) in [6.45, 7) is 2.44. The Balaban J connectivity index is 4.33. The number of hydrogen-bond acceptors (Lipinski definition) is 2. The monoisotopic (exact) mass is 156 g/mol. The molecule has 0 fully saturated rings. The summed E-state index contributed by atoms with van der Waals surface area (Å²) in [5, 5.41) is 0. The van der Waals surface area contributed by atoms with Crippen LogP contribution in [-0.4, -0.2) is 11.7 Å². The van der Waals surface area contributed by atoms with E-state index in [0.29, 0.717) is 0 Å². The second-order valence-electron chi connectivity index (χ2n) is 2.33. The third kappa shape index (κ3) is 1.60. The Kier molecular flexibility index (Phi) is 2.67. The van der Waals surface area contributed by atoms with E-state index >= 15 is 0 Å². The van der Waals surface area contributed by atoms with E-state index in [1.165, 1.54) is 6.92 Å². The number of halogens is 3. The summed E-state index contributed by atoms with van der Waals surface area (Å²) >= 11 is 0. The van der Waals surface area contributed by atoms with Gasteiger partial charge in [0.1, 0.15) is 5.54 Å². The third-order valence-electron chi connectivity index (χ3n) is 1.65. The Hall–Kier alpha value is -0.290. The SMILES string of the molecule is CCC(C)(NN)C(F)(F)F. The molecule has 0 saturated carbocycles. The van der Waals surface area contributed by atoms with Gasteiger partial charge < -0.3 is 0 Å². The third-order valence-corrected chi connectivity index (χ3v) is 1.65. The van der Waals surface area contributed by atoms with Gasteiger partial charge in [0.2, 0.25) is 0 Å². The molecule has 0 aliphatic heterocycles. The van der Waals surface area contributed by atoms with Gasteiger partial charge in [-0.15, -0.1) is 0 Å². The first-order valence-corrected chi connectivity index (χ1v) is 2.92. The summed E-state index contributed by atoms with van der Waals surface area (Å²) in [4.78, 5) is 0. The molecule has 0 aromatic heterocycles. The number of alkyl halides is 3. The maximum atomic E-state index is 12.0. The first-order chi connectivity index (χ1) is 4.37. The molecule has 0 aromatic rings. The molecule has 1 unspecified atom stereocenters. The molecule has 0 aliphatic carbocycles. The van der Waals surface area contributed by atoms with Gasteiger partial charge in [0.15, 0.2) is 0 Å². The van der Waals surface area contributed by atoms with Crippen molar-refractivity contribution in [3.05, 3.63) is 0 Å². The zero-order valence-corrected chi connectivity index (χ0v) is 5.92. The number of nitrogens with one attached hydrogen (secondary N) is 1. The molecule has 0 aliphatic rings. The molecule has 10 heavy (non-hydrogen) atoms. The van der Waals surface area contributed by atoms with Gasteiger partial charge in [-0.3, -0.25) is 5.84 Å². The summed E-state index contributed by atoms with van der Waals surface area (Å²) in [5.74, 6) is 4.73. The zero-order chi connectivity index (χ0) is 8.41. The van der Waals surface area contributed by atoms with Gasteiger partial charge in [0, 0.05) is 0 Å². The van der Waals surface area contributed by atoms with Gasteiger partial charge in [-0.2, -0.15) is 13.2 Å². The molecule has 0 saturated heterocycles. The van der Waals surface area contributed by atoms with Crippen LogP contribution >= 0.6 is 0 Å². The highest BCUT2D eigenvalue weighted by molar-refractivity contribution is 4.86. The predicted molar refractivity (Wildman–Crippen MR) is 32.1 cm³/mol. The summed E-state index contributed by atoms with van der Waals surface area (Å²) in [6, 6.07) is 0. The molecule has 3 N–H and O–H groups in total. The van der Waals surface area contributed by atoms with E-state index in [-0.39, 0.29) is 6.42 Å². The van der Waals surface area contributed by atoms with E-state index in [1.807, 2.05) is 0 Å². The van der Waals surface area contributed by atoms with Gasteiger partial charge in [0.25, 0.3) is 0 Å². The molecule has 0 heterocycles. The average molecular weight is 156 g/mol. The molecule has 0 radical (unpaired) electrons. The molecule has 0 bridgehead atoms. The Morgan fingerprint density at radius 1 is 1.40 bits per heavy atom. The van der Waals surface area contributed by atoms with Crippen molar-refractivity contribution in [2.75, 3.05) is 0 Å². The van der Waals surface area contributed by atoms with E-state index in [4.69, 9.17) is 5.84 Å². The summed E-state index contributed by atoms with van der Waals surface area (Å²) in [6.07, 6.45) is -4.36. The fourth-order valence-corrected chi connectivity index (χ4v) is 0.384. The van der Waals surface area contributed by atoms with E-state index in [2.05, 4.69) is 0 Å². The van der Waals surface area contributed by atoms with Crippen LogP contribution in [-0.2, 0) is 0 Å². The van der Waals surface area contributed by atoms with Crippen molar-refractivity contribution in [2.24, 2.45) is 5.84 Å². The first kappa shape index (κ1) is 9.71. The van der Waals surface area contributed by atoms with Gasteiger partial charge in [0.05, 0.1) is 0 Å². The number of rotatable bonds is 2. The van der Waals surface area contributed by atoms with E-state index in [1.54, 1.807) is 5.43 Å². The van der Waals surface area contributed by atoms with Gasteiger partial charge in [-0.25, -0.2) is 5.43 Å². The van der Waals surface area contributed by atoms with Crippen molar-refractivity contribution in [1.82, 2.24) is 5.43 Å². The predicted octanol–water partition coefficient (Wildman–Crippen LogP) is 1.18. The van der Waals surface area contributed by atoms with Crippen LogP contribution in [0, 0.1) is 0 Å². The van der Waals surface area contributed by atoms with Crippen LogP contribution in [0.4, 0.5) is 13.2 Å². The second-order valence-corrected chi connectivity index (χ2v) is 2.33. The minimum atomic E-state index is -4.28. The molecule has 0 aromatic carbocycles. The lowest BCUT2D eigenvalue weighted by Gasteiger charge is -2.29. The molecule has 2 nitrogen and oxygen atoms in total. The molecule has 0 rings (SSSR count). The number of hydrazine groups is 1. The van der Waals surface area contributed by atoms with Crippen LogP contribution < -0.4 is 11.3 Å². The minimum Gasteiger partial charge on any atom is -0.271 e. The highest BCUT2D eigenvalue weighted by Gasteiger charge is 2.48. The molecule has 0 spiro atoms. The van der Waals surface area contributed by atoms with Crippen molar-refractivity contribution in [1.29, 1.82) is 0 Å². The van der Waals surface area contributed by atoms with Crippen molar-refractivity contribution in [3.8, 4) is 0 Å². The smallest absolute Gasteiger partial charge is 0.271 e. The second kappa shape index (κ2) is 2.75. The Labute approximate surface area is 57.6 Å². The molecule has 5 heteroatoms. The van der Waals surface area contributed by atoms with Crippen molar-refractivity contribution >= 4 is 0 Å². The maximum absolute atomic E-state index is 12.0. The summed E-state index contributed by atoms with van der Waals surface area (Å²) in [7, 11) is 0.